The average molecular weight is 436 g/mol. The van der Waals surface area contributed by atoms with Crippen LogP contribution in [0.5, 0.6) is 0 Å². The predicted octanol–water partition coefficient (Wildman–Crippen LogP) is 3.58. The van der Waals surface area contributed by atoms with Crippen LogP contribution in [-0.4, -0.2) is 45.3 Å². The number of hydrogen-bond acceptors (Lipinski definition) is 6. The molecule has 1 amide bonds. The van der Waals surface area contributed by atoms with Crippen LogP contribution in [0.4, 0.5) is 5.95 Å². The number of carbonyl (C=O) groups excluding carboxylic acids is 1. The first-order chi connectivity index (χ1) is 15.6. The van der Waals surface area contributed by atoms with Crippen LogP contribution in [0.15, 0.2) is 30.5 Å². The van der Waals surface area contributed by atoms with Crippen molar-refractivity contribution in [3.63, 3.8) is 0 Å². The second-order valence-electron chi connectivity index (χ2n) is 8.68. The molecule has 1 saturated carbocycles. The molecule has 4 N–H and O–H groups in total. The lowest BCUT2D eigenvalue weighted by Gasteiger charge is -2.25. The number of nitrogens with two attached hydrogens (primary N) is 1. The molecule has 2 heterocycles. The van der Waals surface area contributed by atoms with Gasteiger partial charge in [0.05, 0.1) is 5.39 Å². The summed E-state index contributed by atoms with van der Waals surface area (Å²) in [5, 5.41) is 11.9. The van der Waals surface area contributed by atoms with E-state index < -0.39 is 0 Å². The van der Waals surface area contributed by atoms with Crippen LogP contribution in [0.1, 0.15) is 55.8 Å². The van der Waals surface area contributed by atoms with E-state index in [0.29, 0.717) is 23.5 Å². The van der Waals surface area contributed by atoms with Gasteiger partial charge in [0.1, 0.15) is 5.69 Å². The number of aromatic nitrogens is 4. The summed E-state index contributed by atoms with van der Waals surface area (Å²) in [6.45, 7) is 3.84. The Morgan fingerprint density at radius 2 is 1.94 bits per heavy atom. The Kier molecular flexibility index (Phi) is 6.99. The largest absolute Gasteiger partial charge is 0.355 e. The number of nitrogens with zero attached hydrogens (tertiary/aromatic N) is 4. The standard InChI is InChI=1S/C24H33N7O/c1-3-4-13-27-24-28-14-20-21(17-7-9-18(10-8-17)23(32)26-2)30-31(22(20)29-24)15-16-5-11-19(25)12-6-16/h7-10,14,16,19H,3-6,11-13,15,25H2,1-2H3,(H,26,32)(H,27,28,29). The number of amides is 1. The lowest BCUT2D eigenvalue weighted by Crippen LogP contribution is -2.28. The molecule has 0 saturated heterocycles. The highest BCUT2D eigenvalue weighted by molar-refractivity contribution is 5.95. The van der Waals surface area contributed by atoms with E-state index in [1.54, 1.807) is 7.05 Å². The molecule has 8 nitrogen and oxygen atoms in total. The van der Waals surface area contributed by atoms with Crippen molar-refractivity contribution in [3.05, 3.63) is 36.0 Å². The normalized spacial score (nSPS) is 18.6. The topological polar surface area (TPSA) is 111 Å². The molecule has 0 radical (unpaired) electrons. The van der Waals surface area contributed by atoms with Gasteiger partial charge in [-0.1, -0.05) is 25.5 Å². The number of nitrogens with one attached hydrogen (secondary N) is 2. The summed E-state index contributed by atoms with van der Waals surface area (Å²) < 4.78 is 2.03. The van der Waals surface area contributed by atoms with Crippen molar-refractivity contribution >= 4 is 22.9 Å². The lowest BCUT2D eigenvalue weighted by atomic mass is 9.86. The molecular weight excluding hydrogens is 402 g/mol. The minimum Gasteiger partial charge on any atom is -0.355 e. The molecule has 1 aliphatic carbocycles. The van der Waals surface area contributed by atoms with Crippen molar-refractivity contribution in [2.45, 2.75) is 58.0 Å². The number of hydrogen-bond donors (Lipinski definition) is 3. The molecule has 0 spiro atoms. The zero-order valence-corrected chi connectivity index (χ0v) is 19.0. The Bertz CT molecular complexity index is 1050. The highest BCUT2D eigenvalue weighted by atomic mass is 16.1. The van der Waals surface area contributed by atoms with E-state index >= 15 is 0 Å². The van der Waals surface area contributed by atoms with Crippen LogP contribution in [0.3, 0.4) is 0 Å². The molecule has 170 valence electrons. The third-order valence-electron chi connectivity index (χ3n) is 6.27. The van der Waals surface area contributed by atoms with E-state index in [1.165, 1.54) is 0 Å². The van der Waals surface area contributed by atoms with E-state index in [2.05, 4.69) is 22.5 Å². The highest BCUT2D eigenvalue weighted by Crippen LogP contribution is 2.30. The first-order valence-electron chi connectivity index (χ1n) is 11.6. The van der Waals surface area contributed by atoms with Gasteiger partial charge in [-0.25, -0.2) is 9.67 Å². The molecule has 3 aromatic rings. The van der Waals surface area contributed by atoms with Gasteiger partial charge in [-0.15, -0.1) is 0 Å². The molecule has 4 rings (SSSR count). The van der Waals surface area contributed by atoms with Crippen molar-refractivity contribution in [1.29, 1.82) is 0 Å². The molecule has 1 fully saturated rings. The van der Waals surface area contributed by atoms with Crippen LogP contribution >= 0.6 is 0 Å². The molecule has 1 aromatic carbocycles. The molecule has 8 heteroatoms. The zero-order valence-electron chi connectivity index (χ0n) is 19.0. The van der Waals surface area contributed by atoms with E-state index in [9.17, 15) is 4.79 Å². The van der Waals surface area contributed by atoms with Gasteiger partial charge in [0.25, 0.3) is 5.91 Å². The van der Waals surface area contributed by atoms with Crippen molar-refractivity contribution in [2.24, 2.45) is 11.7 Å². The summed E-state index contributed by atoms with van der Waals surface area (Å²) in [7, 11) is 1.63. The average Bonchev–Trinajstić information content (AvgIpc) is 3.18. The minimum atomic E-state index is -0.103. The summed E-state index contributed by atoms with van der Waals surface area (Å²) in [6, 6.07) is 7.84. The summed E-state index contributed by atoms with van der Waals surface area (Å²) in [4.78, 5) is 21.3. The monoisotopic (exact) mass is 435 g/mol. The van der Waals surface area contributed by atoms with E-state index in [4.69, 9.17) is 15.8 Å². The summed E-state index contributed by atoms with van der Waals surface area (Å²) >= 11 is 0. The van der Waals surface area contributed by atoms with Crippen molar-refractivity contribution < 1.29 is 4.79 Å². The maximum absolute atomic E-state index is 11.9. The van der Waals surface area contributed by atoms with Crippen molar-refractivity contribution in [1.82, 2.24) is 25.1 Å². The Morgan fingerprint density at radius 3 is 2.62 bits per heavy atom. The molecule has 0 bridgehead atoms. The number of benzene rings is 1. The third kappa shape index (κ3) is 4.91. The number of fused-ring (bicyclic) bond motifs is 1. The van der Waals surface area contributed by atoms with Gasteiger partial charge in [-0.3, -0.25) is 4.79 Å². The summed E-state index contributed by atoms with van der Waals surface area (Å²) in [5.74, 6) is 1.08. The minimum absolute atomic E-state index is 0.103. The number of rotatable bonds is 8. The number of unbranched alkanes of at least 4 members (excludes halogenated alkanes) is 1. The maximum Gasteiger partial charge on any atom is 0.251 e. The van der Waals surface area contributed by atoms with E-state index in [0.717, 1.165) is 73.9 Å². The third-order valence-corrected chi connectivity index (χ3v) is 6.27. The Hall–Kier alpha value is -3.00. The fourth-order valence-corrected chi connectivity index (χ4v) is 4.30. The van der Waals surface area contributed by atoms with Crippen LogP contribution in [0, 0.1) is 5.92 Å². The maximum atomic E-state index is 11.9. The fraction of sp³-hybridized carbons (Fsp3) is 0.500. The zero-order chi connectivity index (χ0) is 22.5. The quantitative estimate of drug-likeness (QED) is 0.467. The van der Waals surface area contributed by atoms with Crippen molar-refractivity contribution in [2.75, 3.05) is 18.9 Å². The Morgan fingerprint density at radius 1 is 1.19 bits per heavy atom. The smallest absolute Gasteiger partial charge is 0.251 e. The van der Waals surface area contributed by atoms with Crippen LogP contribution in [0.25, 0.3) is 22.3 Å². The number of anilines is 1. The predicted molar refractivity (Wildman–Crippen MR) is 127 cm³/mol. The highest BCUT2D eigenvalue weighted by Gasteiger charge is 2.22. The van der Waals surface area contributed by atoms with Gasteiger partial charge in [0.2, 0.25) is 5.95 Å². The second-order valence-corrected chi connectivity index (χ2v) is 8.68. The van der Waals surface area contributed by atoms with Crippen LogP contribution < -0.4 is 16.4 Å². The van der Waals surface area contributed by atoms with Gasteiger partial charge in [-0.2, -0.15) is 10.1 Å². The van der Waals surface area contributed by atoms with Crippen LogP contribution in [0.2, 0.25) is 0 Å². The van der Waals surface area contributed by atoms with E-state index in [1.807, 2.05) is 35.1 Å². The Balaban J connectivity index is 1.68. The molecule has 0 unspecified atom stereocenters. The molecule has 1 aliphatic rings. The molecule has 32 heavy (non-hydrogen) atoms. The molecule has 0 aliphatic heterocycles. The number of carbonyl (C=O) groups is 1. The lowest BCUT2D eigenvalue weighted by molar-refractivity contribution is 0.0963. The van der Waals surface area contributed by atoms with Gasteiger partial charge in [-0.05, 0) is 50.2 Å². The van der Waals surface area contributed by atoms with Crippen LogP contribution in [-0.2, 0) is 6.54 Å². The summed E-state index contributed by atoms with van der Waals surface area (Å²) in [5.41, 5.74) is 9.36. The molecular formula is C24H33N7O. The second kappa shape index (κ2) is 10.1. The molecule has 0 atom stereocenters. The van der Waals surface area contributed by atoms with Gasteiger partial charge < -0.3 is 16.4 Å². The van der Waals surface area contributed by atoms with E-state index in [-0.39, 0.29) is 5.91 Å². The molecule has 2 aromatic heterocycles. The van der Waals surface area contributed by atoms with Gasteiger partial charge in [0.15, 0.2) is 5.65 Å². The van der Waals surface area contributed by atoms with Crippen molar-refractivity contribution in [3.8, 4) is 11.3 Å². The summed E-state index contributed by atoms with van der Waals surface area (Å²) in [6.07, 6.45) is 8.42. The van der Waals surface area contributed by atoms with Gasteiger partial charge >= 0.3 is 0 Å². The Labute approximate surface area is 189 Å². The SMILES string of the molecule is CCCCNc1ncc2c(-c3ccc(C(=O)NC)cc3)nn(CC3CCC(N)CC3)c2n1. The van der Waals surface area contributed by atoms with Gasteiger partial charge in [0, 0.05) is 43.5 Å². The first kappa shape index (κ1) is 22.2. The first-order valence-corrected chi connectivity index (χ1v) is 11.6. The fourth-order valence-electron chi connectivity index (χ4n) is 4.30.